The number of hydrogen-bond acceptors (Lipinski definition) is 4. The molecule has 1 heterocycles. The van der Waals surface area contributed by atoms with Gasteiger partial charge in [0.05, 0.1) is 10.7 Å². The van der Waals surface area contributed by atoms with Gasteiger partial charge in [0.25, 0.3) is 0 Å². The smallest absolute Gasteiger partial charge is 0.240 e. The number of anilines is 1. The second-order valence-corrected chi connectivity index (χ2v) is 6.47. The van der Waals surface area contributed by atoms with Gasteiger partial charge in [0.2, 0.25) is 11.8 Å². The number of unbranched alkanes of at least 4 members (excludes halogenated alkanes) is 1. The van der Waals surface area contributed by atoms with Gasteiger partial charge in [0.1, 0.15) is 5.25 Å². The number of nitrogens with one attached hydrogen (secondary N) is 2. The summed E-state index contributed by atoms with van der Waals surface area (Å²) in [6.07, 6.45) is 2.13. The van der Waals surface area contributed by atoms with Gasteiger partial charge in [-0.3, -0.25) is 14.6 Å². The van der Waals surface area contributed by atoms with E-state index < -0.39 is 5.25 Å². The number of halogens is 1. The molecule has 1 aliphatic heterocycles. The molecule has 0 spiro atoms. The highest BCUT2D eigenvalue weighted by Gasteiger charge is 2.31. The lowest BCUT2D eigenvalue weighted by Gasteiger charge is -2.08. The summed E-state index contributed by atoms with van der Waals surface area (Å²) in [7, 11) is 0. The third-order valence-corrected chi connectivity index (χ3v) is 4.51. The highest BCUT2D eigenvalue weighted by Crippen LogP contribution is 2.25. The average Bonchev–Trinajstić information content (AvgIpc) is 2.82. The molecule has 22 heavy (non-hydrogen) atoms. The van der Waals surface area contributed by atoms with E-state index in [1.165, 1.54) is 11.8 Å². The van der Waals surface area contributed by atoms with Gasteiger partial charge in [-0.25, -0.2) is 0 Å². The van der Waals surface area contributed by atoms with Gasteiger partial charge in [-0.15, -0.1) is 0 Å². The van der Waals surface area contributed by atoms with Crippen molar-refractivity contribution in [1.29, 1.82) is 0 Å². The number of carbonyl (C=O) groups is 2. The zero-order valence-electron chi connectivity index (χ0n) is 12.3. The number of para-hydroxylation sites is 1. The van der Waals surface area contributed by atoms with Crippen LogP contribution in [-0.4, -0.2) is 28.8 Å². The third-order valence-electron chi connectivity index (χ3n) is 3.06. The number of hydrogen-bond donors (Lipinski definition) is 2. The van der Waals surface area contributed by atoms with E-state index in [4.69, 9.17) is 11.6 Å². The molecule has 0 radical (unpaired) electrons. The molecule has 2 N–H and O–H groups in total. The van der Waals surface area contributed by atoms with Crippen molar-refractivity contribution in [2.24, 2.45) is 4.99 Å². The Morgan fingerprint density at radius 1 is 1.45 bits per heavy atom. The summed E-state index contributed by atoms with van der Waals surface area (Å²) < 4.78 is 0. The van der Waals surface area contributed by atoms with Crippen LogP contribution < -0.4 is 10.6 Å². The first kappa shape index (κ1) is 16.8. The molecular weight excluding hydrogens is 322 g/mol. The first-order valence-corrected chi connectivity index (χ1v) is 8.42. The van der Waals surface area contributed by atoms with Crippen LogP contribution >= 0.6 is 23.4 Å². The summed E-state index contributed by atoms with van der Waals surface area (Å²) in [4.78, 5) is 28.2. The van der Waals surface area contributed by atoms with Crippen LogP contribution in [0.15, 0.2) is 29.3 Å². The third kappa shape index (κ3) is 4.74. The summed E-state index contributed by atoms with van der Waals surface area (Å²) in [5, 5.41) is 6.07. The molecule has 5 nitrogen and oxygen atoms in total. The van der Waals surface area contributed by atoms with Gasteiger partial charge < -0.3 is 10.6 Å². The van der Waals surface area contributed by atoms with E-state index >= 15 is 0 Å². The number of aliphatic imine (C=N–C) groups is 1. The Morgan fingerprint density at radius 2 is 2.23 bits per heavy atom. The fourth-order valence-corrected chi connectivity index (χ4v) is 3.06. The summed E-state index contributed by atoms with van der Waals surface area (Å²) in [5.41, 5.74) is 0.550. The van der Waals surface area contributed by atoms with Crippen molar-refractivity contribution in [3.05, 3.63) is 29.3 Å². The number of benzene rings is 1. The van der Waals surface area contributed by atoms with E-state index in [1.54, 1.807) is 24.3 Å². The lowest BCUT2D eigenvalue weighted by Crippen LogP contribution is -2.28. The molecule has 1 aromatic rings. The van der Waals surface area contributed by atoms with E-state index in [0.29, 0.717) is 22.4 Å². The number of amides is 2. The molecule has 1 saturated heterocycles. The molecular formula is C15H18ClN3O2S. The largest absolute Gasteiger partial charge is 0.325 e. The Balaban J connectivity index is 1.88. The molecule has 0 aliphatic carbocycles. The Hall–Kier alpha value is -1.53. The van der Waals surface area contributed by atoms with Crippen molar-refractivity contribution < 1.29 is 9.59 Å². The summed E-state index contributed by atoms with van der Waals surface area (Å²) in [5.74, 6) is -0.412. The Morgan fingerprint density at radius 3 is 2.95 bits per heavy atom. The van der Waals surface area contributed by atoms with E-state index in [9.17, 15) is 9.59 Å². The number of amidine groups is 1. The second kappa shape index (κ2) is 8.19. The van der Waals surface area contributed by atoms with Crippen LogP contribution in [0.3, 0.4) is 0 Å². The van der Waals surface area contributed by atoms with Crippen LogP contribution in [0.1, 0.15) is 26.2 Å². The normalized spacial score (nSPS) is 19.3. The van der Waals surface area contributed by atoms with Gasteiger partial charge >= 0.3 is 0 Å². The molecule has 2 rings (SSSR count). The fraction of sp³-hybridized carbons (Fsp3) is 0.400. The maximum absolute atomic E-state index is 12.0. The number of carbonyl (C=O) groups excluding carboxylic acids is 2. The van der Waals surface area contributed by atoms with Crippen molar-refractivity contribution >= 4 is 46.0 Å². The Kier molecular flexibility index (Phi) is 6.27. The molecule has 0 bridgehead atoms. The first-order chi connectivity index (χ1) is 10.6. The maximum Gasteiger partial charge on any atom is 0.240 e. The monoisotopic (exact) mass is 339 g/mol. The minimum Gasteiger partial charge on any atom is -0.325 e. The van der Waals surface area contributed by atoms with Gasteiger partial charge in [-0.1, -0.05) is 48.8 Å². The zero-order chi connectivity index (χ0) is 15.9. The highest BCUT2D eigenvalue weighted by molar-refractivity contribution is 8.15. The first-order valence-electron chi connectivity index (χ1n) is 7.16. The summed E-state index contributed by atoms with van der Waals surface area (Å²) in [6.45, 7) is 2.78. The maximum atomic E-state index is 12.0. The van der Waals surface area contributed by atoms with Crippen LogP contribution in [0.2, 0.25) is 5.02 Å². The van der Waals surface area contributed by atoms with Crippen molar-refractivity contribution in [3.8, 4) is 0 Å². The predicted molar refractivity (Wildman–Crippen MR) is 91.4 cm³/mol. The van der Waals surface area contributed by atoms with Crippen molar-refractivity contribution in [3.63, 3.8) is 0 Å². The Bertz CT molecular complexity index is 592. The fourth-order valence-electron chi connectivity index (χ4n) is 1.89. The number of thioether (sulfide) groups is 1. The van der Waals surface area contributed by atoms with Gasteiger partial charge in [-0.2, -0.15) is 0 Å². The molecule has 0 saturated carbocycles. The SMILES string of the molecule is CCCCN=C1NC(=O)[C@H](CC(=O)Nc2ccccc2Cl)S1. The predicted octanol–water partition coefficient (Wildman–Crippen LogP) is 3.06. The van der Waals surface area contributed by atoms with Gasteiger partial charge in [0, 0.05) is 13.0 Å². The molecule has 2 amide bonds. The highest BCUT2D eigenvalue weighted by atomic mass is 35.5. The molecule has 1 atom stereocenters. The minimum atomic E-state index is -0.442. The molecule has 1 aromatic carbocycles. The van der Waals surface area contributed by atoms with Gasteiger partial charge in [0.15, 0.2) is 5.17 Å². The average molecular weight is 340 g/mol. The van der Waals surface area contributed by atoms with Crippen LogP contribution in [0.4, 0.5) is 5.69 Å². The van der Waals surface area contributed by atoms with Gasteiger partial charge in [-0.05, 0) is 18.6 Å². The van der Waals surface area contributed by atoms with E-state index in [2.05, 4.69) is 22.5 Å². The van der Waals surface area contributed by atoms with Crippen LogP contribution in [0.25, 0.3) is 0 Å². The van der Waals surface area contributed by atoms with Crippen LogP contribution in [0.5, 0.6) is 0 Å². The van der Waals surface area contributed by atoms with Crippen LogP contribution in [0, 0.1) is 0 Å². The number of rotatable bonds is 6. The molecule has 1 fully saturated rings. The van der Waals surface area contributed by atoms with E-state index in [0.717, 1.165) is 12.8 Å². The molecule has 1 aliphatic rings. The van der Waals surface area contributed by atoms with Crippen molar-refractivity contribution in [1.82, 2.24) is 5.32 Å². The summed E-state index contributed by atoms with van der Waals surface area (Å²) in [6, 6.07) is 7.00. The van der Waals surface area contributed by atoms with E-state index in [-0.39, 0.29) is 18.2 Å². The standard InChI is InChI=1S/C15H18ClN3O2S/c1-2-3-8-17-15-19-14(21)12(22-15)9-13(20)18-11-7-5-4-6-10(11)16/h4-7,12H,2-3,8-9H2,1H3,(H,18,20)(H,17,19,21)/t12-/m0/s1. The zero-order valence-corrected chi connectivity index (χ0v) is 13.8. The molecule has 7 heteroatoms. The van der Waals surface area contributed by atoms with Crippen molar-refractivity contribution in [2.45, 2.75) is 31.4 Å². The summed E-state index contributed by atoms with van der Waals surface area (Å²) >= 11 is 7.30. The lowest BCUT2D eigenvalue weighted by atomic mass is 10.2. The molecule has 118 valence electrons. The quantitative estimate of drug-likeness (QED) is 0.782. The Labute approximate surface area is 138 Å². The molecule has 0 aromatic heterocycles. The topological polar surface area (TPSA) is 70.6 Å². The lowest BCUT2D eigenvalue weighted by molar-refractivity contribution is -0.122. The number of nitrogens with zero attached hydrogens (tertiary/aromatic N) is 1. The van der Waals surface area contributed by atoms with Crippen LogP contribution in [-0.2, 0) is 9.59 Å². The van der Waals surface area contributed by atoms with E-state index in [1.807, 2.05) is 0 Å². The van der Waals surface area contributed by atoms with Crippen molar-refractivity contribution in [2.75, 3.05) is 11.9 Å². The second-order valence-electron chi connectivity index (χ2n) is 4.87. The minimum absolute atomic E-state index is 0.0918. The molecule has 0 unspecified atom stereocenters.